The van der Waals surface area contributed by atoms with E-state index in [1.807, 2.05) is 47.8 Å². The number of carbonyl (C=O) groups excluding carboxylic acids is 1. The quantitative estimate of drug-likeness (QED) is 0.512. The van der Waals surface area contributed by atoms with Gasteiger partial charge < -0.3 is 0 Å². The van der Waals surface area contributed by atoms with E-state index in [4.69, 9.17) is 0 Å². The SMILES string of the molecule is O=C(c1ccc(Br)cc1)c1csc2c(Br)cccc12. The minimum absolute atomic E-state index is 0.0665. The van der Waals surface area contributed by atoms with Crippen molar-refractivity contribution in [3.8, 4) is 0 Å². The lowest BCUT2D eigenvalue weighted by Gasteiger charge is -2.00. The monoisotopic (exact) mass is 394 g/mol. The van der Waals surface area contributed by atoms with Crippen molar-refractivity contribution in [3.05, 3.63) is 67.9 Å². The van der Waals surface area contributed by atoms with Gasteiger partial charge in [0.15, 0.2) is 5.78 Å². The van der Waals surface area contributed by atoms with Crippen molar-refractivity contribution < 1.29 is 4.79 Å². The minimum Gasteiger partial charge on any atom is -0.289 e. The number of ketones is 1. The fourth-order valence-electron chi connectivity index (χ4n) is 1.95. The molecule has 0 radical (unpaired) electrons. The van der Waals surface area contributed by atoms with Gasteiger partial charge in [-0.15, -0.1) is 11.3 Å². The fraction of sp³-hybridized carbons (Fsp3) is 0. The number of fused-ring (bicyclic) bond motifs is 1. The van der Waals surface area contributed by atoms with Crippen LogP contribution in [0, 0.1) is 0 Å². The van der Waals surface area contributed by atoms with Crippen LogP contribution in [0.3, 0.4) is 0 Å². The first-order chi connectivity index (χ1) is 9.16. The van der Waals surface area contributed by atoms with E-state index in [2.05, 4.69) is 31.9 Å². The third kappa shape index (κ3) is 2.40. The number of rotatable bonds is 2. The number of carbonyl (C=O) groups is 1. The maximum absolute atomic E-state index is 12.5. The number of thiophene rings is 1. The van der Waals surface area contributed by atoms with Gasteiger partial charge in [-0.05, 0) is 46.3 Å². The van der Waals surface area contributed by atoms with Gasteiger partial charge in [-0.25, -0.2) is 0 Å². The average molecular weight is 396 g/mol. The summed E-state index contributed by atoms with van der Waals surface area (Å²) in [5, 5.41) is 2.94. The van der Waals surface area contributed by atoms with Crippen LogP contribution in [0.15, 0.2) is 56.8 Å². The lowest BCUT2D eigenvalue weighted by molar-refractivity contribution is 0.104. The molecule has 0 saturated carbocycles. The summed E-state index contributed by atoms with van der Waals surface area (Å²) in [7, 11) is 0. The standard InChI is InChI=1S/C15H8Br2OS/c16-10-6-4-9(5-7-10)14(18)12-8-19-15-11(12)2-1-3-13(15)17/h1-8H. The van der Waals surface area contributed by atoms with E-state index < -0.39 is 0 Å². The van der Waals surface area contributed by atoms with Crippen LogP contribution in [0.25, 0.3) is 10.1 Å². The maximum Gasteiger partial charge on any atom is 0.194 e. The second-order valence-electron chi connectivity index (χ2n) is 4.10. The third-order valence-electron chi connectivity index (χ3n) is 2.90. The van der Waals surface area contributed by atoms with E-state index in [1.165, 1.54) is 0 Å². The van der Waals surface area contributed by atoms with E-state index in [1.54, 1.807) is 11.3 Å². The number of halogens is 2. The Kier molecular flexibility index (Phi) is 3.56. The van der Waals surface area contributed by atoms with Crippen molar-refractivity contribution in [2.75, 3.05) is 0 Å². The van der Waals surface area contributed by atoms with Gasteiger partial charge in [-0.1, -0.05) is 28.1 Å². The molecular weight excluding hydrogens is 388 g/mol. The molecule has 0 aliphatic rings. The molecule has 1 heterocycles. The summed E-state index contributed by atoms with van der Waals surface area (Å²) in [6, 6.07) is 13.4. The topological polar surface area (TPSA) is 17.1 Å². The van der Waals surface area contributed by atoms with Crippen LogP contribution in [-0.2, 0) is 0 Å². The number of hydrogen-bond acceptors (Lipinski definition) is 2. The minimum atomic E-state index is 0.0665. The molecule has 0 N–H and O–H groups in total. The summed E-state index contributed by atoms with van der Waals surface area (Å²) in [6.45, 7) is 0. The highest BCUT2D eigenvalue weighted by molar-refractivity contribution is 9.11. The van der Waals surface area contributed by atoms with Gasteiger partial charge in [0.25, 0.3) is 0 Å². The highest BCUT2D eigenvalue weighted by Gasteiger charge is 2.15. The Morgan fingerprint density at radius 3 is 2.47 bits per heavy atom. The zero-order chi connectivity index (χ0) is 13.4. The molecule has 0 saturated heterocycles. The normalized spacial score (nSPS) is 10.8. The average Bonchev–Trinajstić information content (AvgIpc) is 2.84. The van der Waals surface area contributed by atoms with Crippen LogP contribution >= 0.6 is 43.2 Å². The lowest BCUT2D eigenvalue weighted by Crippen LogP contribution is -1.99. The second-order valence-corrected chi connectivity index (χ2v) is 6.75. The van der Waals surface area contributed by atoms with Gasteiger partial charge >= 0.3 is 0 Å². The second kappa shape index (κ2) is 5.19. The largest absolute Gasteiger partial charge is 0.289 e. The zero-order valence-corrected chi connectivity index (χ0v) is 13.7. The van der Waals surface area contributed by atoms with Crippen LogP contribution in [0.5, 0.6) is 0 Å². The van der Waals surface area contributed by atoms with E-state index in [9.17, 15) is 4.79 Å². The molecule has 3 aromatic rings. The van der Waals surface area contributed by atoms with Crippen LogP contribution < -0.4 is 0 Å². The molecule has 0 unspecified atom stereocenters. The van der Waals surface area contributed by atoms with Crippen LogP contribution in [0.1, 0.15) is 15.9 Å². The van der Waals surface area contributed by atoms with Crippen LogP contribution in [0.4, 0.5) is 0 Å². The Hall–Kier alpha value is -0.970. The molecule has 3 rings (SSSR count). The summed E-state index contributed by atoms with van der Waals surface area (Å²) in [6.07, 6.45) is 0. The molecule has 0 amide bonds. The smallest absolute Gasteiger partial charge is 0.194 e. The predicted molar refractivity (Wildman–Crippen MR) is 87.1 cm³/mol. The van der Waals surface area contributed by atoms with E-state index in [0.717, 1.165) is 24.6 Å². The molecule has 19 heavy (non-hydrogen) atoms. The molecule has 0 fully saturated rings. The Morgan fingerprint density at radius 2 is 1.74 bits per heavy atom. The van der Waals surface area contributed by atoms with Crippen molar-refractivity contribution in [2.24, 2.45) is 0 Å². The van der Waals surface area contributed by atoms with Crippen molar-refractivity contribution in [1.82, 2.24) is 0 Å². The summed E-state index contributed by atoms with van der Waals surface area (Å²) in [4.78, 5) is 12.5. The van der Waals surface area contributed by atoms with E-state index in [0.29, 0.717) is 5.56 Å². The first kappa shape index (κ1) is 13.0. The Labute approximate surface area is 131 Å². The molecule has 0 aliphatic heterocycles. The Bertz CT molecular complexity index is 759. The highest BCUT2D eigenvalue weighted by Crippen LogP contribution is 2.33. The summed E-state index contributed by atoms with van der Waals surface area (Å²) in [5.74, 6) is 0.0665. The molecule has 1 aromatic heterocycles. The maximum atomic E-state index is 12.5. The molecule has 0 aliphatic carbocycles. The van der Waals surface area contributed by atoms with E-state index in [-0.39, 0.29) is 5.78 Å². The number of benzene rings is 2. The van der Waals surface area contributed by atoms with Crippen molar-refractivity contribution in [3.63, 3.8) is 0 Å². The molecule has 0 atom stereocenters. The van der Waals surface area contributed by atoms with Gasteiger partial charge in [0.2, 0.25) is 0 Å². The Morgan fingerprint density at radius 1 is 1.00 bits per heavy atom. The molecular formula is C15H8Br2OS. The third-order valence-corrected chi connectivity index (χ3v) is 5.38. The van der Waals surface area contributed by atoms with Crippen molar-refractivity contribution >= 4 is 59.1 Å². The molecule has 2 aromatic carbocycles. The van der Waals surface area contributed by atoms with Gasteiger partial charge in [-0.2, -0.15) is 0 Å². The molecule has 4 heteroatoms. The van der Waals surface area contributed by atoms with Crippen molar-refractivity contribution in [2.45, 2.75) is 0 Å². The molecule has 0 spiro atoms. The predicted octanol–water partition coefficient (Wildman–Crippen LogP) is 5.66. The van der Waals surface area contributed by atoms with Crippen molar-refractivity contribution in [1.29, 1.82) is 0 Å². The van der Waals surface area contributed by atoms with Gasteiger partial charge in [0, 0.05) is 35.5 Å². The summed E-state index contributed by atoms with van der Waals surface area (Å²) < 4.78 is 3.12. The molecule has 0 bridgehead atoms. The summed E-state index contributed by atoms with van der Waals surface area (Å²) in [5.41, 5.74) is 1.48. The molecule has 94 valence electrons. The molecule has 1 nitrogen and oxygen atoms in total. The zero-order valence-electron chi connectivity index (χ0n) is 9.69. The van der Waals surface area contributed by atoms with Gasteiger partial charge in [0.05, 0.1) is 0 Å². The van der Waals surface area contributed by atoms with Gasteiger partial charge in [0.1, 0.15) is 0 Å². The number of hydrogen-bond donors (Lipinski definition) is 0. The lowest BCUT2D eigenvalue weighted by atomic mass is 10.0. The highest BCUT2D eigenvalue weighted by atomic mass is 79.9. The Balaban J connectivity index is 2.12. The first-order valence-corrected chi connectivity index (χ1v) is 8.09. The summed E-state index contributed by atoms with van der Waals surface area (Å²) >= 11 is 8.48. The fourth-order valence-corrected chi connectivity index (χ4v) is 3.82. The van der Waals surface area contributed by atoms with Crippen LogP contribution in [-0.4, -0.2) is 5.78 Å². The van der Waals surface area contributed by atoms with E-state index >= 15 is 0 Å². The van der Waals surface area contributed by atoms with Crippen LogP contribution in [0.2, 0.25) is 0 Å². The first-order valence-electron chi connectivity index (χ1n) is 5.63. The van der Waals surface area contributed by atoms with Gasteiger partial charge in [-0.3, -0.25) is 4.79 Å².